The number of nitrogens with zero attached hydrogens (tertiary/aromatic N) is 6. The number of hydrogen-bond acceptors (Lipinski definition) is 6. The predicted molar refractivity (Wildman–Crippen MR) is 546 cm³/mol. The Bertz CT molecular complexity index is 7600. The lowest BCUT2D eigenvalue weighted by molar-refractivity contribution is 1.20. The van der Waals surface area contributed by atoms with E-state index in [2.05, 4.69) is 544 Å². The Morgan fingerprint density at radius 1 is 0.142 bits per heavy atom. The highest BCUT2D eigenvalue weighted by Gasteiger charge is 2.22. The molecule has 0 saturated heterocycles. The SMILES string of the molecule is CN(c1ccc(N(c2cccc(-c3ccccc3)c2)c2ccc3ccccc3c2)cc1)c1ccc2c3cccc4cccc(c5cccc1c52)c43.Cc1ccc(N(C)c2ccc(N(c3cccc(-c4ccccc4)c3)c3ccc4ccccc4c3)cc2)cc1.Cc1cccc(N(C)c2ccc(N(c3cccc(-c4ccccc4)c3)c3ccc4ccccc4c3)cc2)c1. The number of rotatable bonds is 18. The molecule has 0 amide bonds. The van der Waals surface area contributed by atoms with Gasteiger partial charge in [-0.3, -0.25) is 0 Å². The van der Waals surface area contributed by atoms with Gasteiger partial charge in [-0.1, -0.05) is 309 Å². The summed E-state index contributed by atoms with van der Waals surface area (Å²) in [5.41, 5.74) is 26.8. The predicted octanol–water partition coefficient (Wildman–Crippen LogP) is 33.9. The molecule has 22 aromatic carbocycles. The standard InChI is InChI=1S/C49H34N2.2C36H30N2/c1-50(47-30-29-45-43-20-9-16-35-15-8-19-42(48(35)43)44-21-10-22-46(47)49(44)45)38-25-27-39(28-26-38)51(41-24-23-34-13-5-6-14-36(34)32-41)40-18-7-17-37(31-40)33-11-3-2-4-12-33;1-27-10-8-16-34(24-27)37(2)32-20-22-33(23-21-32)38(36-19-18-29-13-6-7-14-30(29)26-36)35-17-9-15-31(25-35)28-11-4-3-5-12-28;1-27-15-18-32(19-16-27)37(2)33-21-23-34(24-22-33)38(36-20-17-29-11-6-7-12-30(29)26-36)35-14-8-13-31(25-35)28-9-4-3-5-10-28/h2-32H,1H3;2*3-26H,1-2H3. The van der Waals surface area contributed by atoms with E-state index in [0.29, 0.717) is 0 Å². The molecular formula is C121H94N6. The molecule has 0 heterocycles. The Morgan fingerprint density at radius 3 is 0.819 bits per heavy atom. The molecule has 0 N–H and O–H groups in total. The Balaban J connectivity index is 0.000000122. The van der Waals surface area contributed by atoms with Crippen LogP contribution in [0.25, 0.3) is 109 Å². The summed E-state index contributed by atoms with van der Waals surface area (Å²) in [6.07, 6.45) is 0. The molecule has 0 aliphatic heterocycles. The van der Waals surface area contributed by atoms with E-state index in [0.717, 1.165) is 68.2 Å². The third kappa shape index (κ3) is 16.4. The summed E-state index contributed by atoms with van der Waals surface area (Å²) in [6.45, 7) is 4.25. The first kappa shape index (κ1) is 79.2. The average Bonchev–Trinajstić information content (AvgIpc) is 0.714. The molecule has 0 fully saturated rings. The van der Waals surface area contributed by atoms with E-state index in [1.54, 1.807) is 0 Å². The molecular weight excluding hydrogens is 1540 g/mol. The van der Waals surface area contributed by atoms with Gasteiger partial charge in [0.15, 0.2) is 0 Å². The summed E-state index contributed by atoms with van der Waals surface area (Å²) in [6, 6.07) is 173. The van der Waals surface area contributed by atoms with Gasteiger partial charge in [-0.05, 0) is 299 Å². The summed E-state index contributed by atoms with van der Waals surface area (Å²) < 4.78 is 0. The second kappa shape index (κ2) is 35.3. The Kier molecular flexibility index (Phi) is 22.0. The molecule has 0 aliphatic rings. The number of benzene rings is 22. The van der Waals surface area contributed by atoms with Crippen molar-refractivity contribution in [3.8, 4) is 33.4 Å². The van der Waals surface area contributed by atoms with E-state index in [-0.39, 0.29) is 0 Å². The zero-order valence-electron chi connectivity index (χ0n) is 71.8. The van der Waals surface area contributed by atoms with Crippen molar-refractivity contribution in [1.82, 2.24) is 0 Å². The van der Waals surface area contributed by atoms with E-state index in [4.69, 9.17) is 0 Å². The monoisotopic (exact) mass is 1630 g/mol. The van der Waals surface area contributed by atoms with Gasteiger partial charge in [0.05, 0.1) is 0 Å². The van der Waals surface area contributed by atoms with Crippen molar-refractivity contribution in [2.75, 3.05) is 50.5 Å². The molecule has 6 nitrogen and oxygen atoms in total. The second-order valence-electron chi connectivity index (χ2n) is 32.8. The van der Waals surface area contributed by atoms with Gasteiger partial charge >= 0.3 is 0 Å². The number of anilines is 15. The molecule has 6 heteroatoms. The van der Waals surface area contributed by atoms with Gasteiger partial charge in [0, 0.05) is 112 Å². The van der Waals surface area contributed by atoms with Gasteiger partial charge in [-0.15, -0.1) is 0 Å². The highest BCUT2D eigenvalue weighted by atomic mass is 15.2. The summed E-state index contributed by atoms with van der Waals surface area (Å²) >= 11 is 0. The van der Waals surface area contributed by atoms with Crippen LogP contribution in [-0.2, 0) is 0 Å². The molecule has 0 aliphatic carbocycles. The Labute approximate surface area is 743 Å². The zero-order chi connectivity index (χ0) is 85.7. The van der Waals surface area contributed by atoms with E-state index in [1.165, 1.54) is 137 Å². The molecule has 0 radical (unpaired) electrons. The number of hydrogen-bond donors (Lipinski definition) is 0. The minimum atomic E-state index is 1.11. The number of fused-ring (bicyclic) bond motifs is 5. The number of aryl methyl sites for hydroxylation is 2. The van der Waals surface area contributed by atoms with Crippen LogP contribution in [0.15, 0.2) is 479 Å². The molecule has 608 valence electrons. The van der Waals surface area contributed by atoms with Crippen LogP contribution in [0.2, 0.25) is 0 Å². The third-order valence-corrected chi connectivity index (χ3v) is 24.8. The van der Waals surface area contributed by atoms with Gasteiger partial charge in [0.1, 0.15) is 0 Å². The van der Waals surface area contributed by atoms with Crippen molar-refractivity contribution in [3.05, 3.63) is 490 Å². The summed E-state index contributed by atoms with van der Waals surface area (Å²) in [7, 11) is 6.42. The Morgan fingerprint density at radius 2 is 0.417 bits per heavy atom. The summed E-state index contributed by atoms with van der Waals surface area (Å²) in [5.74, 6) is 0. The van der Waals surface area contributed by atoms with Crippen molar-refractivity contribution < 1.29 is 0 Å². The van der Waals surface area contributed by atoms with Gasteiger partial charge < -0.3 is 29.4 Å². The molecule has 127 heavy (non-hydrogen) atoms. The lowest BCUT2D eigenvalue weighted by atomic mass is 9.89. The molecule has 0 bridgehead atoms. The van der Waals surface area contributed by atoms with Crippen LogP contribution in [0.4, 0.5) is 85.3 Å². The minimum absolute atomic E-state index is 1.11. The van der Waals surface area contributed by atoms with E-state index < -0.39 is 0 Å². The largest absolute Gasteiger partial charge is 0.345 e. The third-order valence-electron chi connectivity index (χ3n) is 24.8. The second-order valence-corrected chi connectivity index (χ2v) is 32.8. The van der Waals surface area contributed by atoms with Crippen molar-refractivity contribution in [1.29, 1.82) is 0 Å². The lowest BCUT2D eigenvalue weighted by Gasteiger charge is -2.28. The van der Waals surface area contributed by atoms with Crippen molar-refractivity contribution >= 4 is 161 Å². The van der Waals surface area contributed by atoms with Crippen LogP contribution in [0.3, 0.4) is 0 Å². The molecule has 0 aromatic heterocycles. The van der Waals surface area contributed by atoms with Crippen LogP contribution < -0.4 is 29.4 Å². The Hall–Kier alpha value is -16.3. The average molecular weight is 1630 g/mol. The van der Waals surface area contributed by atoms with Crippen LogP contribution >= 0.6 is 0 Å². The van der Waals surface area contributed by atoms with Gasteiger partial charge in [-0.2, -0.15) is 0 Å². The van der Waals surface area contributed by atoms with Gasteiger partial charge in [-0.25, -0.2) is 0 Å². The van der Waals surface area contributed by atoms with Gasteiger partial charge in [0.2, 0.25) is 0 Å². The molecule has 0 spiro atoms. The van der Waals surface area contributed by atoms with E-state index in [1.807, 2.05) is 0 Å². The highest BCUT2D eigenvalue weighted by molar-refractivity contribution is 6.34. The fourth-order valence-electron chi connectivity index (χ4n) is 18.1. The first-order valence-corrected chi connectivity index (χ1v) is 43.6. The first-order valence-electron chi connectivity index (χ1n) is 43.6. The van der Waals surface area contributed by atoms with Crippen LogP contribution in [0, 0.1) is 13.8 Å². The van der Waals surface area contributed by atoms with Gasteiger partial charge in [0.25, 0.3) is 0 Å². The van der Waals surface area contributed by atoms with Crippen LogP contribution in [0.1, 0.15) is 11.1 Å². The molecule has 0 atom stereocenters. The van der Waals surface area contributed by atoms with E-state index >= 15 is 0 Å². The zero-order valence-corrected chi connectivity index (χ0v) is 71.8. The normalized spacial score (nSPS) is 11.2. The molecule has 0 saturated carbocycles. The summed E-state index contributed by atoms with van der Waals surface area (Å²) in [4.78, 5) is 13.8. The van der Waals surface area contributed by atoms with Crippen molar-refractivity contribution in [3.63, 3.8) is 0 Å². The maximum atomic E-state index is 2.36. The molecule has 0 unspecified atom stereocenters. The van der Waals surface area contributed by atoms with E-state index in [9.17, 15) is 0 Å². The smallest absolute Gasteiger partial charge is 0.0488 e. The quantitative estimate of drug-likeness (QED) is 0.0625. The summed E-state index contributed by atoms with van der Waals surface area (Å²) in [5, 5.41) is 17.9. The van der Waals surface area contributed by atoms with Crippen molar-refractivity contribution in [2.24, 2.45) is 0 Å². The topological polar surface area (TPSA) is 19.4 Å². The van der Waals surface area contributed by atoms with Crippen LogP contribution in [-0.4, -0.2) is 21.1 Å². The fraction of sp³-hybridized carbons (Fsp3) is 0.0413. The maximum Gasteiger partial charge on any atom is 0.0488 e. The fourth-order valence-corrected chi connectivity index (χ4v) is 18.1. The highest BCUT2D eigenvalue weighted by Crippen LogP contribution is 2.47. The maximum absolute atomic E-state index is 2.36. The van der Waals surface area contributed by atoms with Crippen molar-refractivity contribution in [2.45, 2.75) is 13.8 Å². The lowest BCUT2D eigenvalue weighted by Crippen LogP contribution is -2.12. The minimum Gasteiger partial charge on any atom is -0.345 e. The molecule has 22 aromatic rings. The molecule has 22 rings (SSSR count). The van der Waals surface area contributed by atoms with Crippen LogP contribution in [0.5, 0.6) is 0 Å². The first-order chi connectivity index (χ1) is 62.5.